The number of carboxylic acids is 1. The summed E-state index contributed by atoms with van der Waals surface area (Å²) in [4.78, 5) is 9.79. The number of hydrogen-bond acceptors (Lipinski definition) is 4. The lowest BCUT2D eigenvalue weighted by atomic mass is 10.2. The molecule has 0 radical (unpaired) electrons. The highest BCUT2D eigenvalue weighted by Gasteiger charge is 2.24. The molecule has 0 atom stereocenters. The van der Waals surface area contributed by atoms with Crippen LogP contribution in [0.15, 0.2) is 17.0 Å². The van der Waals surface area contributed by atoms with Gasteiger partial charge < -0.3 is 5.11 Å². The molecule has 0 aliphatic carbocycles. The number of carbonyl (C=O) groups is 1. The summed E-state index contributed by atoms with van der Waals surface area (Å²) in [6, 6.07) is 3.06. The zero-order valence-corrected chi connectivity index (χ0v) is 10.2. The van der Waals surface area contributed by atoms with Crippen LogP contribution in [-0.2, 0) is 10.0 Å². The second-order valence-electron chi connectivity index (χ2n) is 3.05. The molecule has 0 aliphatic rings. The average molecular weight is 293 g/mol. The SMILES string of the molecule is N#CCNS(=O)(=O)c1cc(Cl)cc(C(=O)O)c1F. The summed E-state index contributed by atoms with van der Waals surface area (Å²) >= 11 is 5.52. The minimum absolute atomic E-state index is 0.244. The molecule has 0 aliphatic heterocycles. The van der Waals surface area contributed by atoms with E-state index >= 15 is 0 Å². The number of carboxylic acid groups (broad SMARTS) is 1. The van der Waals surface area contributed by atoms with Gasteiger partial charge in [-0.3, -0.25) is 0 Å². The van der Waals surface area contributed by atoms with Crippen LogP contribution in [0.2, 0.25) is 5.02 Å². The molecule has 0 fully saturated rings. The van der Waals surface area contributed by atoms with E-state index in [1.165, 1.54) is 6.07 Å². The van der Waals surface area contributed by atoms with Crippen molar-refractivity contribution >= 4 is 27.6 Å². The molecule has 2 N–H and O–H groups in total. The number of sulfonamides is 1. The molecule has 0 unspecified atom stereocenters. The lowest BCUT2D eigenvalue weighted by Gasteiger charge is -2.07. The molecule has 0 amide bonds. The number of nitriles is 1. The molecule has 1 aromatic carbocycles. The predicted molar refractivity (Wildman–Crippen MR) is 59.2 cm³/mol. The molecule has 0 bridgehead atoms. The summed E-state index contributed by atoms with van der Waals surface area (Å²) < 4.78 is 38.6. The number of nitrogens with zero attached hydrogens (tertiary/aromatic N) is 1. The van der Waals surface area contributed by atoms with Crippen LogP contribution in [0.1, 0.15) is 10.4 Å². The third-order valence-corrected chi connectivity index (χ3v) is 3.48. The van der Waals surface area contributed by atoms with Crippen molar-refractivity contribution in [1.82, 2.24) is 4.72 Å². The number of hydrogen-bond donors (Lipinski definition) is 2. The Morgan fingerprint density at radius 1 is 1.56 bits per heavy atom. The van der Waals surface area contributed by atoms with Crippen LogP contribution in [-0.4, -0.2) is 26.0 Å². The lowest BCUT2D eigenvalue weighted by molar-refractivity contribution is 0.0691. The first-order valence-electron chi connectivity index (χ1n) is 4.38. The Morgan fingerprint density at radius 3 is 2.67 bits per heavy atom. The second-order valence-corrected chi connectivity index (χ2v) is 5.23. The maximum Gasteiger partial charge on any atom is 0.338 e. The first kappa shape index (κ1) is 14.4. The first-order chi connectivity index (χ1) is 8.29. The van der Waals surface area contributed by atoms with E-state index in [1.54, 1.807) is 4.72 Å². The Morgan fingerprint density at radius 2 is 2.17 bits per heavy atom. The molecule has 1 rings (SSSR count). The largest absolute Gasteiger partial charge is 0.478 e. The van der Waals surface area contributed by atoms with Crippen LogP contribution in [0.5, 0.6) is 0 Å². The van der Waals surface area contributed by atoms with E-state index in [-0.39, 0.29) is 5.02 Å². The number of halogens is 2. The summed E-state index contributed by atoms with van der Waals surface area (Å²) in [7, 11) is -4.33. The molecule has 6 nitrogen and oxygen atoms in total. The summed E-state index contributed by atoms with van der Waals surface area (Å²) in [5.41, 5.74) is -0.861. The van der Waals surface area contributed by atoms with E-state index in [0.717, 1.165) is 12.1 Å². The monoisotopic (exact) mass is 292 g/mol. The topological polar surface area (TPSA) is 107 Å². The van der Waals surface area contributed by atoms with Gasteiger partial charge in [0.05, 0.1) is 18.2 Å². The summed E-state index contributed by atoms with van der Waals surface area (Å²) in [6.45, 7) is -0.573. The molecule has 0 spiro atoms. The van der Waals surface area contributed by atoms with E-state index in [1.807, 2.05) is 0 Å². The van der Waals surface area contributed by atoms with Crippen LogP contribution in [0, 0.1) is 17.1 Å². The second kappa shape index (κ2) is 5.30. The van der Waals surface area contributed by atoms with E-state index in [2.05, 4.69) is 0 Å². The van der Waals surface area contributed by atoms with Crippen molar-refractivity contribution in [3.8, 4) is 6.07 Å². The third kappa shape index (κ3) is 2.95. The van der Waals surface area contributed by atoms with E-state index in [9.17, 15) is 17.6 Å². The highest BCUT2D eigenvalue weighted by Crippen LogP contribution is 2.23. The first-order valence-corrected chi connectivity index (χ1v) is 6.24. The fourth-order valence-electron chi connectivity index (χ4n) is 1.12. The third-order valence-electron chi connectivity index (χ3n) is 1.87. The minimum atomic E-state index is -4.33. The quantitative estimate of drug-likeness (QED) is 0.804. The standard InChI is InChI=1S/C9H6ClFN2O4S/c10-5-3-6(9(14)15)8(11)7(4-5)18(16,17)13-2-1-12/h3-4,13H,2H2,(H,14,15). The molecule has 1 aromatic rings. The molecule has 0 heterocycles. The molecule has 0 saturated carbocycles. The maximum atomic E-state index is 13.7. The van der Waals surface area contributed by atoms with Gasteiger partial charge in [0, 0.05) is 5.02 Å². The molecule has 0 saturated heterocycles. The number of benzene rings is 1. The molecular formula is C9H6ClFN2O4S. The normalized spacial score (nSPS) is 10.9. The van der Waals surface area contributed by atoms with Crippen LogP contribution in [0.3, 0.4) is 0 Å². The van der Waals surface area contributed by atoms with Crippen molar-refractivity contribution in [3.63, 3.8) is 0 Å². The Kier molecular flexibility index (Phi) is 4.24. The Labute approximate surface area is 107 Å². The van der Waals surface area contributed by atoms with Gasteiger partial charge in [0.2, 0.25) is 10.0 Å². The molecule has 18 heavy (non-hydrogen) atoms. The van der Waals surface area contributed by atoms with Crippen molar-refractivity contribution in [2.24, 2.45) is 0 Å². The molecule has 9 heteroatoms. The summed E-state index contributed by atoms with van der Waals surface area (Å²) in [6.07, 6.45) is 0. The molecule has 0 aromatic heterocycles. The fraction of sp³-hybridized carbons (Fsp3) is 0.111. The number of nitrogens with one attached hydrogen (secondary N) is 1. The van der Waals surface area contributed by atoms with Crippen molar-refractivity contribution in [1.29, 1.82) is 5.26 Å². The van der Waals surface area contributed by atoms with Gasteiger partial charge in [0.15, 0.2) is 5.82 Å². The van der Waals surface area contributed by atoms with Crippen LogP contribution < -0.4 is 4.72 Å². The van der Waals surface area contributed by atoms with Gasteiger partial charge in [-0.15, -0.1) is 0 Å². The van der Waals surface area contributed by atoms with E-state index < -0.39 is 38.8 Å². The highest BCUT2D eigenvalue weighted by molar-refractivity contribution is 7.89. The number of aromatic carboxylic acids is 1. The Hall–Kier alpha value is -1.69. The number of rotatable bonds is 4. The Balaban J connectivity index is 3.43. The minimum Gasteiger partial charge on any atom is -0.478 e. The van der Waals surface area contributed by atoms with Gasteiger partial charge in [-0.2, -0.15) is 9.98 Å². The van der Waals surface area contributed by atoms with E-state index in [4.69, 9.17) is 22.0 Å². The summed E-state index contributed by atoms with van der Waals surface area (Å²) in [5, 5.41) is 16.7. The van der Waals surface area contributed by atoms with E-state index in [0.29, 0.717) is 0 Å². The van der Waals surface area contributed by atoms with Crippen LogP contribution in [0.25, 0.3) is 0 Å². The fourth-order valence-corrected chi connectivity index (χ4v) is 2.44. The van der Waals surface area contributed by atoms with Crippen LogP contribution in [0.4, 0.5) is 4.39 Å². The Bertz CT molecular complexity index is 639. The zero-order valence-electron chi connectivity index (χ0n) is 8.65. The van der Waals surface area contributed by atoms with Gasteiger partial charge in [-0.1, -0.05) is 11.6 Å². The van der Waals surface area contributed by atoms with Gasteiger partial charge in [0.25, 0.3) is 0 Å². The average Bonchev–Trinajstić information content (AvgIpc) is 2.28. The lowest BCUT2D eigenvalue weighted by Crippen LogP contribution is -2.25. The van der Waals surface area contributed by atoms with Crippen molar-refractivity contribution in [3.05, 3.63) is 28.5 Å². The van der Waals surface area contributed by atoms with Gasteiger partial charge in [0.1, 0.15) is 4.90 Å². The van der Waals surface area contributed by atoms with Gasteiger partial charge >= 0.3 is 5.97 Å². The summed E-state index contributed by atoms with van der Waals surface area (Å²) in [5.74, 6) is -3.08. The maximum absolute atomic E-state index is 13.7. The van der Waals surface area contributed by atoms with Crippen molar-refractivity contribution in [2.75, 3.05) is 6.54 Å². The van der Waals surface area contributed by atoms with Crippen LogP contribution >= 0.6 is 11.6 Å². The molecular weight excluding hydrogens is 287 g/mol. The van der Waals surface area contributed by atoms with Crippen molar-refractivity contribution in [2.45, 2.75) is 4.90 Å². The predicted octanol–water partition coefficient (Wildman–Crippen LogP) is 0.979. The van der Waals surface area contributed by atoms with Gasteiger partial charge in [-0.25, -0.2) is 17.6 Å². The van der Waals surface area contributed by atoms with Crippen molar-refractivity contribution < 1.29 is 22.7 Å². The molecule has 96 valence electrons. The highest BCUT2D eigenvalue weighted by atomic mass is 35.5. The zero-order chi connectivity index (χ0) is 13.9. The smallest absolute Gasteiger partial charge is 0.338 e. The van der Waals surface area contributed by atoms with Gasteiger partial charge in [-0.05, 0) is 12.1 Å².